The number of aryl methyl sites for hydroxylation is 1. The maximum absolute atomic E-state index is 13.9. The quantitative estimate of drug-likeness (QED) is 0.799. The first-order valence-corrected chi connectivity index (χ1v) is 7.93. The van der Waals surface area contributed by atoms with Crippen molar-refractivity contribution in [2.45, 2.75) is 45.6 Å². The summed E-state index contributed by atoms with van der Waals surface area (Å²) in [5, 5.41) is 3.39. The molecule has 1 atom stereocenters. The van der Waals surface area contributed by atoms with Gasteiger partial charge in [0.2, 0.25) is 0 Å². The van der Waals surface area contributed by atoms with E-state index in [2.05, 4.69) is 23.2 Å². The Balaban J connectivity index is 2.12. The van der Waals surface area contributed by atoms with Crippen molar-refractivity contribution in [1.82, 2.24) is 10.2 Å². The number of hydrogen-bond donors (Lipinski definition) is 1. The molecule has 1 N–H and O–H groups in total. The SMILES string of the molecule is CCCCC[C@H](c1ccc(C)c(F)c1)N1CCNCC1. The Kier molecular flexibility index (Phi) is 5.99. The Morgan fingerprint density at radius 3 is 2.65 bits per heavy atom. The van der Waals surface area contributed by atoms with E-state index in [1.54, 1.807) is 6.07 Å². The maximum Gasteiger partial charge on any atom is 0.126 e. The van der Waals surface area contributed by atoms with E-state index >= 15 is 0 Å². The number of rotatable bonds is 6. The van der Waals surface area contributed by atoms with Crippen molar-refractivity contribution in [3.05, 3.63) is 35.1 Å². The van der Waals surface area contributed by atoms with Crippen molar-refractivity contribution < 1.29 is 4.39 Å². The van der Waals surface area contributed by atoms with Gasteiger partial charge in [-0.3, -0.25) is 4.90 Å². The van der Waals surface area contributed by atoms with Gasteiger partial charge < -0.3 is 5.32 Å². The van der Waals surface area contributed by atoms with Crippen LogP contribution in [-0.2, 0) is 0 Å². The molecule has 20 heavy (non-hydrogen) atoms. The molecule has 0 unspecified atom stereocenters. The van der Waals surface area contributed by atoms with E-state index in [-0.39, 0.29) is 5.82 Å². The van der Waals surface area contributed by atoms with Gasteiger partial charge in [0.25, 0.3) is 0 Å². The molecule has 1 aromatic carbocycles. The number of unbranched alkanes of at least 4 members (excludes halogenated alkanes) is 2. The first kappa shape index (κ1) is 15.5. The molecule has 1 aliphatic heterocycles. The zero-order chi connectivity index (χ0) is 14.4. The largest absolute Gasteiger partial charge is 0.314 e. The van der Waals surface area contributed by atoms with Crippen LogP contribution in [0.3, 0.4) is 0 Å². The van der Waals surface area contributed by atoms with Crippen LogP contribution in [0.4, 0.5) is 4.39 Å². The third-order valence-electron chi connectivity index (χ3n) is 4.25. The van der Waals surface area contributed by atoms with E-state index < -0.39 is 0 Å². The van der Waals surface area contributed by atoms with Gasteiger partial charge in [0.05, 0.1) is 0 Å². The highest BCUT2D eigenvalue weighted by atomic mass is 19.1. The minimum Gasteiger partial charge on any atom is -0.314 e. The molecular weight excluding hydrogens is 251 g/mol. The van der Waals surface area contributed by atoms with E-state index in [4.69, 9.17) is 0 Å². The average Bonchev–Trinajstić information content (AvgIpc) is 2.48. The van der Waals surface area contributed by atoms with Crippen LogP contribution in [0.1, 0.15) is 49.8 Å². The number of benzene rings is 1. The zero-order valence-corrected chi connectivity index (χ0v) is 12.8. The van der Waals surface area contributed by atoms with Crippen molar-refractivity contribution in [2.75, 3.05) is 26.2 Å². The van der Waals surface area contributed by atoms with Crippen molar-refractivity contribution in [1.29, 1.82) is 0 Å². The smallest absolute Gasteiger partial charge is 0.126 e. The summed E-state index contributed by atoms with van der Waals surface area (Å²) >= 11 is 0. The van der Waals surface area contributed by atoms with E-state index in [0.29, 0.717) is 6.04 Å². The van der Waals surface area contributed by atoms with Gasteiger partial charge in [0.1, 0.15) is 5.82 Å². The first-order valence-electron chi connectivity index (χ1n) is 7.93. The van der Waals surface area contributed by atoms with Crippen LogP contribution in [0.5, 0.6) is 0 Å². The summed E-state index contributed by atoms with van der Waals surface area (Å²) < 4.78 is 13.9. The fraction of sp³-hybridized carbons (Fsp3) is 0.647. The molecule has 1 fully saturated rings. The van der Waals surface area contributed by atoms with E-state index in [1.165, 1.54) is 19.3 Å². The van der Waals surface area contributed by atoms with Gasteiger partial charge in [-0.1, -0.05) is 38.3 Å². The summed E-state index contributed by atoms with van der Waals surface area (Å²) in [6.07, 6.45) is 4.85. The number of nitrogens with one attached hydrogen (secondary N) is 1. The average molecular weight is 278 g/mol. The summed E-state index contributed by atoms with van der Waals surface area (Å²) in [6.45, 7) is 8.26. The van der Waals surface area contributed by atoms with Gasteiger partial charge in [0, 0.05) is 32.2 Å². The predicted molar refractivity (Wildman–Crippen MR) is 82.5 cm³/mol. The van der Waals surface area contributed by atoms with E-state index in [1.807, 2.05) is 13.0 Å². The Hall–Kier alpha value is -0.930. The predicted octanol–water partition coefficient (Wildman–Crippen LogP) is 3.66. The van der Waals surface area contributed by atoms with Gasteiger partial charge in [-0.25, -0.2) is 4.39 Å². The minimum absolute atomic E-state index is 0.0712. The second kappa shape index (κ2) is 7.75. The highest BCUT2D eigenvalue weighted by Crippen LogP contribution is 2.28. The summed E-state index contributed by atoms with van der Waals surface area (Å²) in [4.78, 5) is 2.51. The lowest BCUT2D eigenvalue weighted by atomic mass is 9.97. The molecule has 112 valence electrons. The third-order valence-corrected chi connectivity index (χ3v) is 4.25. The molecule has 0 amide bonds. The standard InChI is InChI=1S/C17H27FN2/c1-3-4-5-6-17(20-11-9-19-10-12-20)15-8-7-14(2)16(18)13-15/h7-8,13,17,19H,3-6,9-12H2,1-2H3/t17-/m1/s1. The number of piperazine rings is 1. The molecule has 0 aliphatic carbocycles. The van der Waals surface area contributed by atoms with Crippen LogP contribution in [0, 0.1) is 12.7 Å². The van der Waals surface area contributed by atoms with Crippen molar-refractivity contribution in [2.24, 2.45) is 0 Å². The summed E-state index contributed by atoms with van der Waals surface area (Å²) in [5.74, 6) is -0.0712. The van der Waals surface area contributed by atoms with E-state index in [9.17, 15) is 4.39 Å². The highest BCUT2D eigenvalue weighted by Gasteiger charge is 2.22. The molecule has 0 radical (unpaired) electrons. The molecule has 2 rings (SSSR count). The molecule has 0 bridgehead atoms. The first-order chi connectivity index (χ1) is 9.72. The lowest BCUT2D eigenvalue weighted by molar-refractivity contribution is 0.162. The molecule has 1 saturated heterocycles. The molecule has 1 aliphatic rings. The summed E-state index contributed by atoms with van der Waals surface area (Å²) in [5.41, 5.74) is 1.88. The molecular formula is C17H27FN2. The lowest BCUT2D eigenvalue weighted by Gasteiger charge is -2.35. The van der Waals surface area contributed by atoms with Gasteiger partial charge in [-0.05, 0) is 30.5 Å². The lowest BCUT2D eigenvalue weighted by Crippen LogP contribution is -2.45. The molecule has 2 nitrogen and oxygen atoms in total. The Morgan fingerprint density at radius 2 is 2.00 bits per heavy atom. The fourth-order valence-electron chi connectivity index (χ4n) is 2.96. The Bertz CT molecular complexity index is 413. The van der Waals surface area contributed by atoms with Crippen LogP contribution in [0.15, 0.2) is 18.2 Å². The molecule has 0 aromatic heterocycles. The summed E-state index contributed by atoms with van der Waals surface area (Å²) in [7, 11) is 0. The van der Waals surface area contributed by atoms with Crippen molar-refractivity contribution in [3.63, 3.8) is 0 Å². The Labute approximate surface area is 122 Å². The van der Waals surface area contributed by atoms with E-state index in [0.717, 1.165) is 43.7 Å². The molecule has 0 saturated carbocycles. The number of halogens is 1. The number of hydrogen-bond acceptors (Lipinski definition) is 2. The second-order valence-electron chi connectivity index (χ2n) is 5.81. The number of nitrogens with zero attached hydrogens (tertiary/aromatic N) is 1. The highest BCUT2D eigenvalue weighted by molar-refractivity contribution is 5.26. The van der Waals surface area contributed by atoms with Gasteiger partial charge in [0.15, 0.2) is 0 Å². The maximum atomic E-state index is 13.9. The van der Waals surface area contributed by atoms with Crippen molar-refractivity contribution >= 4 is 0 Å². The van der Waals surface area contributed by atoms with Gasteiger partial charge in [-0.2, -0.15) is 0 Å². The monoisotopic (exact) mass is 278 g/mol. The zero-order valence-electron chi connectivity index (χ0n) is 12.8. The normalized spacial score (nSPS) is 18.1. The summed E-state index contributed by atoms with van der Waals surface area (Å²) in [6, 6.07) is 6.14. The third kappa shape index (κ3) is 4.03. The minimum atomic E-state index is -0.0712. The van der Waals surface area contributed by atoms with Crippen LogP contribution in [0.2, 0.25) is 0 Å². The second-order valence-corrected chi connectivity index (χ2v) is 5.81. The Morgan fingerprint density at radius 1 is 1.25 bits per heavy atom. The van der Waals surface area contributed by atoms with Crippen LogP contribution < -0.4 is 5.32 Å². The van der Waals surface area contributed by atoms with Crippen LogP contribution in [-0.4, -0.2) is 31.1 Å². The molecule has 0 spiro atoms. The van der Waals surface area contributed by atoms with Crippen molar-refractivity contribution in [3.8, 4) is 0 Å². The topological polar surface area (TPSA) is 15.3 Å². The fourth-order valence-corrected chi connectivity index (χ4v) is 2.96. The van der Waals surface area contributed by atoms with Gasteiger partial charge >= 0.3 is 0 Å². The van der Waals surface area contributed by atoms with Gasteiger partial charge in [-0.15, -0.1) is 0 Å². The molecule has 1 heterocycles. The van der Waals surface area contributed by atoms with Crippen LogP contribution >= 0.6 is 0 Å². The van der Waals surface area contributed by atoms with Crippen LogP contribution in [0.25, 0.3) is 0 Å². The molecule has 1 aromatic rings. The molecule has 3 heteroatoms.